The second-order valence-electron chi connectivity index (χ2n) is 6.15. The predicted octanol–water partition coefficient (Wildman–Crippen LogP) is 2.37. The molecule has 2 atom stereocenters. The van der Waals surface area contributed by atoms with Gasteiger partial charge < -0.3 is 15.2 Å². The summed E-state index contributed by atoms with van der Waals surface area (Å²) in [6.45, 7) is 1.73. The average molecular weight is 336 g/mol. The molecule has 1 saturated carbocycles. The number of aliphatic carboxylic acids is 1. The zero-order valence-electron chi connectivity index (χ0n) is 13.6. The fourth-order valence-electron chi connectivity index (χ4n) is 3.18. The number of rotatable bonds is 5. The van der Waals surface area contributed by atoms with Crippen molar-refractivity contribution < 1.29 is 24.4 Å². The first-order valence-electron chi connectivity index (χ1n) is 7.66. The van der Waals surface area contributed by atoms with Crippen LogP contribution in [0.5, 0.6) is 5.75 Å². The number of nitrogens with one attached hydrogen (secondary N) is 1. The third-order valence-electron chi connectivity index (χ3n) is 4.54. The first kappa shape index (κ1) is 17.7. The van der Waals surface area contributed by atoms with Crippen molar-refractivity contribution in [3.63, 3.8) is 0 Å². The van der Waals surface area contributed by atoms with E-state index in [1.54, 1.807) is 6.92 Å². The Bertz CT molecular complexity index is 675. The molecular weight excluding hydrogens is 316 g/mol. The van der Waals surface area contributed by atoms with Crippen molar-refractivity contribution in [3.8, 4) is 5.75 Å². The molecule has 8 nitrogen and oxygen atoms in total. The molecule has 1 aliphatic carbocycles. The van der Waals surface area contributed by atoms with Gasteiger partial charge in [-0.1, -0.05) is 12.8 Å². The molecule has 2 rings (SSSR count). The summed E-state index contributed by atoms with van der Waals surface area (Å²) in [6.07, 6.45) is 2.73. The summed E-state index contributed by atoms with van der Waals surface area (Å²) in [5, 5.41) is 23.1. The number of ether oxygens (including phenoxy) is 1. The van der Waals surface area contributed by atoms with Crippen molar-refractivity contribution >= 4 is 17.6 Å². The van der Waals surface area contributed by atoms with E-state index in [0.29, 0.717) is 12.8 Å². The number of hydrogen-bond acceptors (Lipinski definition) is 5. The van der Waals surface area contributed by atoms with Crippen molar-refractivity contribution in [1.82, 2.24) is 5.32 Å². The molecule has 0 radical (unpaired) electrons. The van der Waals surface area contributed by atoms with E-state index in [4.69, 9.17) is 4.74 Å². The summed E-state index contributed by atoms with van der Waals surface area (Å²) in [5.74, 6) is -2.08. The normalized spacial score (nSPS) is 23.3. The van der Waals surface area contributed by atoms with Gasteiger partial charge in [-0.15, -0.1) is 0 Å². The van der Waals surface area contributed by atoms with E-state index in [2.05, 4.69) is 5.32 Å². The number of carbonyl (C=O) groups is 2. The van der Waals surface area contributed by atoms with E-state index in [0.717, 1.165) is 12.8 Å². The molecule has 1 aliphatic rings. The van der Waals surface area contributed by atoms with E-state index >= 15 is 0 Å². The maximum Gasteiger partial charge on any atom is 0.310 e. The Morgan fingerprint density at radius 3 is 2.71 bits per heavy atom. The number of carbonyl (C=O) groups excluding carboxylic acids is 1. The largest absolute Gasteiger partial charge is 0.490 e. The lowest BCUT2D eigenvalue weighted by atomic mass is 9.73. The highest BCUT2D eigenvalue weighted by Crippen LogP contribution is 2.34. The smallest absolute Gasteiger partial charge is 0.310 e. The van der Waals surface area contributed by atoms with Crippen molar-refractivity contribution in [2.75, 3.05) is 7.11 Å². The Morgan fingerprint density at radius 2 is 2.12 bits per heavy atom. The van der Waals surface area contributed by atoms with Gasteiger partial charge in [0, 0.05) is 17.7 Å². The van der Waals surface area contributed by atoms with E-state index < -0.39 is 28.3 Å². The van der Waals surface area contributed by atoms with Crippen LogP contribution >= 0.6 is 0 Å². The van der Waals surface area contributed by atoms with Gasteiger partial charge in [0.2, 0.25) is 0 Å². The van der Waals surface area contributed by atoms with Crippen LogP contribution in [0.2, 0.25) is 0 Å². The lowest BCUT2D eigenvalue weighted by Gasteiger charge is -2.39. The Labute approximate surface area is 139 Å². The SMILES string of the molecule is COc1cc(C(=O)NC2(C)CCCCC2C(=O)O)ccc1[N+](=O)[O-]. The van der Waals surface area contributed by atoms with Crippen LogP contribution in [0, 0.1) is 16.0 Å². The monoisotopic (exact) mass is 336 g/mol. The molecule has 0 aliphatic heterocycles. The van der Waals surface area contributed by atoms with Gasteiger partial charge in [0.25, 0.3) is 5.91 Å². The first-order valence-corrected chi connectivity index (χ1v) is 7.66. The van der Waals surface area contributed by atoms with Gasteiger partial charge in [0.15, 0.2) is 5.75 Å². The molecule has 0 heterocycles. The molecule has 130 valence electrons. The van der Waals surface area contributed by atoms with Gasteiger partial charge in [-0.25, -0.2) is 0 Å². The highest BCUT2D eigenvalue weighted by molar-refractivity contribution is 5.96. The highest BCUT2D eigenvalue weighted by Gasteiger charge is 2.42. The zero-order valence-corrected chi connectivity index (χ0v) is 13.6. The molecule has 2 unspecified atom stereocenters. The van der Waals surface area contributed by atoms with E-state index in [-0.39, 0.29) is 17.0 Å². The quantitative estimate of drug-likeness (QED) is 0.629. The minimum atomic E-state index is -0.932. The average Bonchev–Trinajstić information content (AvgIpc) is 2.53. The molecule has 2 N–H and O–H groups in total. The number of benzene rings is 1. The molecular formula is C16H20N2O6. The van der Waals surface area contributed by atoms with E-state index in [1.165, 1.54) is 25.3 Å². The molecule has 1 fully saturated rings. The van der Waals surface area contributed by atoms with Gasteiger partial charge in [0.1, 0.15) is 0 Å². The van der Waals surface area contributed by atoms with Crippen molar-refractivity contribution in [2.24, 2.45) is 5.92 Å². The molecule has 1 aromatic carbocycles. The summed E-state index contributed by atoms with van der Waals surface area (Å²) in [5.41, 5.74) is -0.898. The van der Waals surface area contributed by atoms with Gasteiger partial charge in [0.05, 0.1) is 23.5 Å². The van der Waals surface area contributed by atoms with Crippen molar-refractivity contribution in [3.05, 3.63) is 33.9 Å². The number of carboxylic acid groups (broad SMARTS) is 1. The minimum Gasteiger partial charge on any atom is -0.490 e. The molecule has 0 bridgehead atoms. The Hall–Kier alpha value is -2.64. The van der Waals surface area contributed by atoms with Crippen LogP contribution in [0.15, 0.2) is 18.2 Å². The number of carboxylic acids is 1. The maximum atomic E-state index is 12.5. The van der Waals surface area contributed by atoms with Crippen LogP contribution in [-0.2, 0) is 4.79 Å². The second-order valence-corrected chi connectivity index (χ2v) is 6.15. The third kappa shape index (κ3) is 3.47. The lowest BCUT2D eigenvalue weighted by molar-refractivity contribution is -0.385. The Balaban J connectivity index is 2.25. The molecule has 1 amide bonds. The van der Waals surface area contributed by atoms with E-state index in [1.807, 2.05) is 0 Å². The van der Waals surface area contributed by atoms with Crippen LogP contribution in [-0.4, -0.2) is 34.6 Å². The van der Waals surface area contributed by atoms with Gasteiger partial charge in [-0.05, 0) is 25.8 Å². The summed E-state index contributed by atoms with van der Waals surface area (Å²) >= 11 is 0. The third-order valence-corrected chi connectivity index (χ3v) is 4.54. The minimum absolute atomic E-state index is 0.0174. The topological polar surface area (TPSA) is 119 Å². The predicted molar refractivity (Wildman–Crippen MR) is 85.1 cm³/mol. The highest BCUT2D eigenvalue weighted by atomic mass is 16.6. The fourth-order valence-corrected chi connectivity index (χ4v) is 3.18. The summed E-state index contributed by atoms with van der Waals surface area (Å²) in [6, 6.07) is 3.82. The van der Waals surface area contributed by atoms with Gasteiger partial charge in [-0.3, -0.25) is 19.7 Å². The fraction of sp³-hybridized carbons (Fsp3) is 0.500. The van der Waals surface area contributed by atoms with Crippen LogP contribution in [0.3, 0.4) is 0 Å². The maximum absolute atomic E-state index is 12.5. The lowest BCUT2D eigenvalue weighted by Crippen LogP contribution is -2.55. The standard InChI is InChI=1S/C16H20N2O6/c1-16(8-4-3-5-11(16)15(20)21)17-14(19)10-6-7-12(18(22)23)13(9-10)24-2/h6-7,9,11H,3-5,8H2,1-2H3,(H,17,19)(H,20,21). The van der Waals surface area contributed by atoms with Crippen LogP contribution in [0.1, 0.15) is 43.0 Å². The van der Waals surface area contributed by atoms with Gasteiger partial charge in [-0.2, -0.15) is 0 Å². The van der Waals surface area contributed by atoms with Crippen LogP contribution < -0.4 is 10.1 Å². The number of nitrogens with zero attached hydrogens (tertiary/aromatic N) is 1. The zero-order chi connectivity index (χ0) is 17.9. The Morgan fingerprint density at radius 1 is 1.42 bits per heavy atom. The number of methoxy groups -OCH3 is 1. The van der Waals surface area contributed by atoms with E-state index in [9.17, 15) is 24.8 Å². The Kier molecular flexibility index (Phi) is 5.06. The molecule has 0 saturated heterocycles. The second kappa shape index (κ2) is 6.86. The van der Waals surface area contributed by atoms with Gasteiger partial charge >= 0.3 is 11.7 Å². The number of nitro benzene ring substituents is 1. The van der Waals surface area contributed by atoms with Crippen LogP contribution in [0.4, 0.5) is 5.69 Å². The number of hydrogen-bond donors (Lipinski definition) is 2. The summed E-state index contributed by atoms with van der Waals surface area (Å²) < 4.78 is 4.96. The van der Waals surface area contributed by atoms with Crippen LogP contribution in [0.25, 0.3) is 0 Å². The molecule has 1 aromatic rings. The van der Waals surface area contributed by atoms with Crippen molar-refractivity contribution in [1.29, 1.82) is 0 Å². The first-order chi connectivity index (χ1) is 11.3. The molecule has 8 heteroatoms. The molecule has 0 spiro atoms. The number of nitro groups is 1. The summed E-state index contributed by atoms with van der Waals surface area (Å²) in [7, 11) is 1.28. The summed E-state index contributed by atoms with van der Waals surface area (Å²) in [4.78, 5) is 34.3. The number of amides is 1. The molecule has 0 aromatic heterocycles. The van der Waals surface area contributed by atoms with Crippen molar-refractivity contribution in [2.45, 2.75) is 38.1 Å². The molecule has 24 heavy (non-hydrogen) atoms.